The third-order valence-electron chi connectivity index (χ3n) is 2.35. The molecule has 6 heteroatoms. The number of carboxylic acid groups (broad SMARTS) is 1. The zero-order valence-electron chi connectivity index (χ0n) is 10.2. The first-order chi connectivity index (χ1) is 8.43. The van der Waals surface area contributed by atoms with Gasteiger partial charge < -0.3 is 10.0 Å². The lowest BCUT2D eigenvalue weighted by atomic mass is 10.1. The highest BCUT2D eigenvalue weighted by Gasteiger charge is 2.28. The Balaban J connectivity index is 2.91. The zero-order chi connectivity index (χ0) is 13.7. The number of aliphatic carboxylic acids is 1. The topological polar surface area (TPSA) is 74.7 Å². The van der Waals surface area contributed by atoms with E-state index in [4.69, 9.17) is 5.11 Å². The lowest BCUT2D eigenvalue weighted by Crippen LogP contribution is -2.30. The van der Waals surface area contributed by atoms with Crippen LogP contribution in [0.1, 0.15) is 10.8 Å². The van der Waals surface area contributed by atoms with E-state index >= 15 is 0 Å². The molecule has 0 fully saturated rings. The van der Waals surface area contributed by atoms with E-state index in [2.05, 4.69) is 0 Å². The number of carbonyl (C=O) groups excluding carboxylic acids is 1. The fourth-order valence-corrected chi connectivity index (χ4v) is 2.72. The van der Waals surface area contributed by atoms with E-state index in [1.54, 1.807) is 30.3 Å². The van der Waals surface area contributed by atoms with E-state index in [0.29, 0.717) is 5.56 Å². The number of hydrogen-bond donors (Lipinski definition) is 1. The summed E-state index contributed by atoms with van der Waals surface area (Å²) in [6, 6.07) is 8.29. The highest BCUT2D eigenvalue weighted by atomic mass is 32.2. The Hall–Kier alpha value is -1.69. The van der Waals surface area contributed by atoms with Gasteiger partial charge in [-0.1, -0.05) is 30.3 Å². The second-order valence-corrected chi connectivity index (χ2v) is 5.46. The van der Waals surface area contributed by atoms with Gasteiger partial charge in [0.1, 0.15) is 5.75 Å². The molecule has 5 nitrogen and oxygen atoms in total. The zero-order valence-corrected chi connectivity index (χ0v) is 11.0. The maximum absolute atomic E-state index is 12.0. The predicted molar refractivity (Wildman–Crippen MR) is 68.5 cm³/mol. The van der Waals surface area contributed by atoms with Crippen LogP contribution in [0.4, 0.5) is 0 Å². The molecule has 1 aromatic carbocycles. The van der Waals surface area contributed by atoms with Crippen LogP contribution in [-0.4, -0.2) is 45.9 Å². The van der Waals surface area contributed by atoms with Crippen LogP contribution in [0.25, 0.3) is 0 Å². The Bertz CT molecular complexity index is 458. The first-order valence-electron chi connectivity index (χ1n) is 5.28. The Labute approximate surface area is 108 Å². The molecule has 0 bridgehead atoms. The van der Waals surface area contributed by atoms with Crippen LogP contribution in [0.15, 0.2) is 30.3 Å². The number of amides is 1. The molecule has 1 rings (SSSR count). The predicted octanol–water partition coefficient (Wildman–Crippen LogP) is 0.649. The van der Waals surface area contributed by atoms with Gasteiger partial charge in [0.2, 0.25) is 5.91 Å². The summed E-state index contributed by atoms with van der Waals surface area (Å²) in [7, 11) is 1.30. The minimum atomic E-state index is -1.78. The summed E-state index contributed by atoms with van der Waals surface area (Å²) in [6.07, 6.45) is 0. The average molecular weight is 269 g/mol. The smallest absolute Gasteiger partial charge is 0.323 e. The standard InChI is InChI=1S/C12H15NO4S/c1-13(2)10(14)8-18(17)11(12(15)16)9-6-4-3-5-7-9/h3-7,11H,8H2,1-2H3,(H,15,16). The van der Waals surface area contributed by atoms with Crippen LogP contribution in [0.2, 0.25) is 0 Å². The van der Waals surface area contributed by atoms with Crippen molar-refractivity contribution >= 4 is 22.7 Å². The summed E-state index contributed by atoms with van der Waals surface area (Å²) in [5.41, 5.74) is 0.440. The Morgan fingerprint density at radius 3 is 2.28 bits per heavy atom. The van der Waals surface area contributed by atoms with Crippen LogP contribution < -0.4 is 0 Å². The van der Waals surface area contributed by atoms with E-state index < -0.39 is 22.0 Å². The van der Waals surface area contributed by atoms with Gasteiger partial charge in [-0.05, 0) is 5.56 Å². The number of benzene rings is 1. The molecule has 0 spiro atoms. The molecule has 2 atom stereocenters. The third kappa shape index (κ3) is 3.66. The molecule has 0 saturated carbocycles. The first-order valence-corrected chi connectivity index (χ1v) is 6.66. The van der Waals surface area contributed by atoms with Crippen molar-refractivity contribution in [3.05, 3.63) is 35.9 Å². The second-order valence-electron chi connectivity index (χ2n) is 3.94. The van der Waals surface area contributed by atoms with Crippen molar-refractivity contribution in [1.29, 1.82) is 0 Å². The minimum Gasteiger partial charge on any atom is -0.480 e. The summed E-state index contributed by atoms with van der Waals surface area (Å²) < 4.78 is 12.0. The second kappa shape index (κ2) is 6.30. The molecule has 18 heavy (non-hydrogen) atoms. The molecule has 0 aliphatic rings. The van der Waals surface area contributed by atoms with Gasteiger partial charge in [0.15, 0.2) is 5.25 Å². The van der Waals surface area contributed by atoms with Crippen molar-refractivity contribution in [2.75, 3.05) is 19.8 Å². The Morgan fingerprint density at radius 1 is 1.28 bits per heavy atom. The molecular formula is C12H15NO4S. The maximum Gasteiger partial charge on any atom is 0.323 e. The molecule has 2 unspecified atom stereocenters. The molecule has 0 heterocycles. The van der Waals surface area contributed by atoms with Crippen molar-refractivity contribution in [2.45, 2.75) is 5.25 Å². The van der Waals surface area contributed by atoms with Gasteiger partial charge in [0.25, 0.3) is 0 Å². The van der Waals surface area contributed by atoms with Gasteiger partial charge in [-0.2, -0.15) is 0 Å². The number of rotatable bonds is 5. The SMILES string of the molecule is CN(C)C(=O)CS(=O)C(C(=O)O)c1ccccc1. The quantitative estimate of drug-likeness (QED) is 0.851. The monoisotopic (exact) mass is 269 g/mol. The molecule has 0 radical (unpaired) electrons. The van der Waals surface area contributed by atoms with E-state index in [-0.39, 0.29) is 11.7 Å². The van der Waals surface area contributed by atoms with Crippen LogP contribution >= 0.6 is 0 Å². The van der Waals surface area contributed by atoms with Gasteiger partial charge in [0.05, 0.1) is 0 Å². The normalized spacial score (nSPS) is 13.7. The lowest BCUT2D eigenvalue weighted by molar-refractivity contribution is -0.136. The third-order valence-corrected chi connectivity index (χ3v) is 3.89. The number of carbonyl (C=O) groups is 2. The fraction of sp³-hybridized carbons (Fsp3) is 0.333. The van der Waals surface area contributed by atoms with Crippen LogP contribution in [0.5, 0.6) is 0 Å². The van der Waals surface area contributed by atoms with Gasteiger partial charge in [-0.3, -0.25) is 13.8 Å². The summed E-state index contributed by atoms with van der Waals surface area (Å²) in [5, 5.41) is 7.96. The van der Waals surface area contributed by atoms with Crippen molar-refractivity contribution in [1.82, 2.24) is 4.90 Å². The van der Waals surface area contributed by atoms with Gasteiger partial charge in [-0.15, -0.1) is 0 Å². The molecule has 1 N–H and O–H groups in total. The molecule has 0 aliphatic heterocycles. The van der Waals surface area contributed by atoms with Gasteiger partial charge >= 0.3 is 5.97 Å². The van der Waals surface area contributed by atoms with E-state index in [9.17, 15) is 13.8 Å². The summed E-state index contributed by atoms with van der Waals surface area (Å²) in [5.74, 6) is -1.83. The van der Waals surface area contributed by atoms with Gasteiger partial charge in [-0.25, -0.2) is 0 Å². The molecule has 1 aromatic rings. The number of carboxylic acids is 1. The first kappa shape index (κ1) is 14.4. The summed E-state index contributed by atoms with van der Waals surface area (Å²) >= 11 is 0. The highest BCUT2D eigenvalue weighted by Crippen LogP contribution is 2.20. The van der Waals surface area contributed by atoms with Crippen LogP contribution in [0, 0.1) is 0 Å². The summed E-state index contributed by atoms with van der Waals surface area (Å²) in [4.78, 5) is 23.9. The molecular weight excluding hydrogens is 254 g/mol. The summed E-state index contributed by atoms with van der Waals surface area (Å²) in [6.45, 7) is 0. The number of nitrogens with zero attached hydrogens (tertiary/aromatic N) is 1. The largest absolute Gasteiger partial charge is 0.480 e. The van der Waals surface area contributed by atoms with Crippen molar-refractivity contribution in [3.63, 3.8) is 0 Å². The number of hydrogen-bond acceptors (Lipinski definition) is 3. The van der Waals surface area contributed by atoms with Crippen molar-refractivity contribution in [2.24, 2.45) is 0 Å². The van der Waals surface area contributed by atoms with Crippen LogP contribution in [-0.2, 0) is 20.4 Å². The average Bonchev–Trinajstić information content (AvgIpc) is 2.29. The lowest BCUT2D eigenvalue weighted by Gasteiger charge is -2.14. The van der Waals surface area contributed by atoms with E-state index in [1.165, 1.54) is 19.0 Å². The molecule has 0 aromatic heterocycles. The molecule has 0 aliphatic carbocycles. The fourth-order valence-electron chi connectivity index (χ4n) is 1.37. The van der Waals surface area contributed by atoms with Crippen molar-refractivity contribution in [3.8, 4) is 0 Å². The van der Waals surface area contributed by atoms with Gasteiger partial charge in [0, 0.05) is 24.9 Å². The van der Waals surface area contributed by atoms with Crippen LogP contribution in [0.3, 0.4) is 0 Å². The van der Waals surface area contributed by atoms with Crippen molar-refractivity contribution < 1.29 is 18.9 Å². The molecule has 0 saturated heterocycles. The highest BCUT2D eigenvalue weighted by molar-refractivity contribution is 7.86. The Morgan fingerprint density at radius 2 is 1.83 bits per heavy atom. The molecule has 1 amide bonds. The maximum atomic E-state index is 12.0. The Kier molecular flexibility index (Phi) is 5.03. The minimum absolute atomic E-state index is 0.293. The van der Waals surface area contributed by atoms with E-state index in [1.807, 2.05) is 0 Å². The van der Waals surface area contributed by atoms with E-state index in [0.717, 1.165) is 0 Å². The molecule has 98 valence electrons.